The smallest absolute Gasteiger partial charge is 0.306 e. The van der Waals surface area contributed by atoms with Gasteiger partial charge in [0.05, 0.1) is 0 Å². The molecule has 0 aliphatic rings. The van der Waals surface area contributed by atoms with Crippen LogP contribution in [0.15, 0.2) is 34.9 Å². The number of esters is 1. The first-order valence-electron chi connectivity index (χ1n) is 8.41. The Bertz CT molecular complexity index is 407. The summed E-state index contributed by atoms with van der Waals surface area (Å²) in [6, 6.07) is 0. The first-order chi connectivity index (χ1) is 10.3. The molecule has 0 atom stereocenters. The highest BCUT2D eigenvalue weighted by molar-refractivity contribution is 5.69. The normalized spacial score (nSPS) is 12.5. The van der Waals surface area contributed by atoms with Gasteiger partial charge in [0.1, 0.15) is 6.61 Å². The summed E-state index contributed by atoms with van der Waals surface area (Å²) in [5.41, 5.74) is 4.12. The number of hydrogen-bond donors (Lipinski definition) is 0. The zero-order valence-corrected chi connectivity index (χ0v) is 15.4. The summed E-state index contributed by atoms with van der Waals surface area (Å²) in [7, 11) is 0. The van der Waals surface area contributed by atoms with Crippen molar-refractivity contribution in [1.82, 2.24) is 0 Å². The maximum absolute atomic E-state index is 11.4. The van der Waals surface area contributed by atoms with Crippen molar-refractivity contribution in [2.45, 2.75) is 73.6 Å². The summed E-state index contributed by atoms with van der Waals surface area (Å²) in [6.07, 6.45) is 11.5. The standard InChI is InChI=1S/C20H34O2/c1-16(2)9-7-10-18(5)11-8-12-19(6)13-14-22-20(21)15-17(3)4/h9,11,13,17H,7-8,10,12,14-15H2,1-6H3/b18-11+,19-13+. The molecule has 0 rings (SSSR count). The van der Waals surface area contributed by atoms with Crippen LogP contribution in [-0.4, -0.2) is 12.6 Å². The highest BCUT2D eigenvalue weighted by Crippen LogP contribution is 2.11. The average Bonchev–Trinajstić information content (AvgIpc) is 2.37. The van der Waals surface area contributed by atoms with Crippen molar-refractivity contribution < 1.29 is 9.53 Å². The van der Waals surface area contributed by atoms with Gasteiger partial charge < -0.3 is 4.74 Å². The minimum atomic E-state index is -0.103. The van der Waals surface area contributed by atoms with Gasteiger partial charge in [-0.2, -0.15) is 0 Å². The number of carbonyl (C=O) groups is 1. The predicted molar refractivity (Wildman–Crippen MR) is 95.8 cm³/mol. The molecule has 2 heteroatoms. The van der Waals surface area contributed by atoms with Crippen LogP contribution in [0, 0.1) is 5.92 Å². The lowest BCUT2D eigenvalue weighted by Gasteiger charge is -2.05. The Labute approximate surface area is 137 Å². The highest BCUT2D eigenvalue weighted by Gasteiger charge is 2.04. The fraction of sp³-hybridized carbons (Fsp3) is 0.650. The number of hydrogen-bond acceptors (Lipinski definition) is 2. The van der Waals surface area contributed by atoms with Crippen LogP contribution in [0.1, 0.15) is 73.6 Å². The van der Waals surface area contributed by atoms with E-state index in [-0.39, 0.29) is 5.97 Å². The number of allylic oxidation sites excluding steroid dienone is 5. The molecule has 126 valence electrons. The monoisotopic (exact) mass is 306 g/mol. The third-order valence-corrected chi connectivity index (χ3v) is 3.37. The molecule has 0 aliphatic carbocycles. The van der Waals surface area contributed by atoms with Crippen molar-refractivity contribution in [1.29, 1.82) is 0 Å². The van der Waals surface area contributed by atoms with E-state index in [0.717, 1.165) is 25.7 Å². The van der Waals surface area contributed by atoms with Crippen LogP contribution in [0.25, 0.3) is 0 Å². The molecular formula is C20H34O2. The van der Waals surface area contributed by atoms with Crippen LogP contribution in [-0.2, 0) is 9.53 Å². The summed E-state index contributed by atoms with van der Waals surface area (Å²) in [6.45, 7) is 13.0. The molecule has 0 aliphatic heterocycles. The minimum Gasteiger partial charge on any atom is -0.461 e. The van der Waals surface area contributed by atoms with E-state index < -0.39 is 0 Å². The second-order valence-corrected chi connectivity index (χ2v) is 6.74. The molecule has 0 N–H and O–H groups in total. The van der Waals surface area contributed by atoms with Crippen molar-refractivity contribution in [2.24, 2.45) is 5.92 Å². The zero-order valence-electron chi connectivity index (χ0n) is 15.4. The molecule has 0 aromatic heterocycles. The lowest BCUT2D eigenvalue weighted by molar-refractivity contribution is -0.143. The van der Waals surface area contributed by atoms with Gasteiger partial charge in [0.15, 0.2) is 0 Å². The van der Waals surface area contributed by atoms with E-state index in [1.807, 2.05) is 19.9 Å². The topological polar surface area (TPSA) is 26.3 Å². The third kappa shape index (κ3) is 13.7. The van der Waals surface area contributed by atoms with E-state index >= 15 is 0 Å². The van der Waals surface area contributed by atoms with Crippen LogP contribution in [0.5, 0.6) is 0 Å². The Morgan fingerprint density at radius 1 is 0.909 bits per heavy atom. The fourth-order valence-corrected chi connectivity index (χ4v) is 2.01. The quantitative estimate of drug-likeness (QED) is 0.366. The second kappa shape index (κ2) is 12.3. The van der Waals surface area contributed by atoms with Gasteiger partial charge in [-0.1, -0.05) is 42.7 Å². The molecule has 0 bridgehead atoms. The fourth-order valence-electron chi connectivity index (χ4n) is 2.01. The van der Waals surface area contributed by atoms with Crippen molar-refractivity contribution in [3.63, 3.8) is 0 Å². The Kier molecular flexibility index (Phi) is 11.5. The van der Waals surface area contributed by atoms with Gasteiger partial charge in [-0.25, -0.2) is 0 Å². The van der Waals surface area contributed by atoms with Crippen molar-refractivity contribution in [2.75, 3.05) is 6.61 Å². The van der Waals surface area contributed by atoms with E-state index in [4.69, 9.17) is 4.74 Å². The summed E-state index contributed by atoms with van der Waals surface area (Å²) >= 11 is 0. The molecule has 0 fully saturated rings. The molecule has 0 aromatic rings. The molecule has 0 heterocycles. The van der Waals surface area contributed by atoms with Gasteiger partial charge >= 0.3 is 5.97 Å². The Morgan fingerprint density at radius 2 is 1.45 bits per heavy atom. The van der Waals surface area contributed by atoms with Crippen LogP contribution in [0.4, 0.5) is 0 Å². The number of ether oxygens (including phenoxy) is 1. The average molecular weight is 306 g/mol. The third-order valence-electron chi connectivity index (χ3n) is 3.37. The predicted octanol–water partition coefficient (Wildman–Crippen LogP) is 5.99. The lowest BCUT2D eigenvalue weighted by Crippen LogP contribution is -2.07. The van der Waals surface area contributed by atoms with Gasteiger partial charge in [-0.3, -0.25) is 4.79 Å². The highest BCUT2D eigenvalue weighted by atomic mass is 16.5. The van der Waals surface area contributed by atoms with E-state index in [0.29, 0.717) is 18.9 Å². The number of carbonyl (C=O) groups excluding carboxylic acids is 1. The summed E-state index contributed by atoms with van der Waals surface area (Å²) in [4.78, 5) is 11.4. The van der Waals surface area contributed by atoms with Gasteiger partial charge in [0.2, 0.25) is 0 Å². The lowest BCUT2D eigenvalue weighted by atomic mass is 10.1. The van der Waals surface area contributed by atoms with Gasteiger partial charge in [-0.15, -0.1) is 0 Å². The van der Waals surface area contributed by atoms with Crippen molar-refractivity contribution >= 4 is 5.97 Å². The molecular weight excluding hydrogens is 272 g/mol. The van der Waals surface area contributed by atoms with E-state index in [2.05, 4.69) is 39.8 Å². The zero-order chi connectivity index (χ0) is 17.0. The molecule has 0 saturated carbocycles. The Morgan fingerprint density at radius 3 is 2.00 bits per heavy atom. The molecule has 2 nitrogen and oxygen atoms in total. The van der Waals surface area contributed by atoms with E-state index in [9.17, 15) is 4.79 Å². The van der Waals surface area contributed by atoms with Crippen LogP contribution >= 0.6 is 0 Å². The summed E-state index contributed by atoms with van der Waals surface area (Å²) in [5.74, 6) is 0.256. The minimum absolute atomic E-state index is 0.103. The van der Waals surface area contributed by atoms with Crippen LogP contribution in [0.2, 0.25) is 0 Å². The van der Waals surface area contributed by atoms with Gasteiger partial charge in [-0.05, 0) is 65.4 Å². The van der Waals surface area contributed by atoms with E-state index in [1.165, 1.54) is 16.7 Å². The molecule has 0 amide bonds. The maximum atomic E-state index is 11.4. The van der Waals surface area contributed by atoms with Crippen molar-refractivity contribution in [3.05, 3.63) is 34.9 Å². The Hall–Kier alpha value is -1.31. The molecule has 0 spiro atoms. The van der Waals surface area contributed by atoms with Gasteiger partial charge in [0, 0.05) is 6.42 Å². The van der Waals surface area contributed by atoms with E-state index in [1.54, 1.807) is 0 Å². The SMILES string of the molecule is CC(C)=CCC/C(C)=C/CC/C(C)=C/COC(=O)CC(C)C. The Balaban J connectivity index is 3.92. The second-order valence-electron chi connectivity index (χ2n) is 6.74. The van der Waals surface area contributed by atoms with Crippen LogP contribution < -0.4 is 0 Å². The molecule has 0 saturated heterocycles. The van der Waals surface area contributed by atoms with Crippen LogP contribution in [0.3, 0.4) is 0 Å². The maximum Gasteiger partial charge on any atom is 0.306 e. The largest absolute Gasteiger partial charge is 0.461 e. The first-order valence-corrected chi connectivity index (χ1v) is 8.41. The van der Waals surface area contributed by atoms with Crippen molar-refractivity contribution in [3.8, 4) is 0 Å². The molecule has 0 aromatic carbocycles. The summed E-state index contributed by atoms with van der Waals surface area (Å²) in [5, 5.41) is 0. The number of rotatable bonds is 10. The molecule has 22 heavy (non-hydrogen) atoms. The molecule has 0 unspecified atom stereocenters. The van der Waals surface area contributed by atoms with Gasteiger partial charge in [0.25, 0.3) is 0 Å². The summed E-state index contributed by atoms with van der Waals surface area (Å²) < 4.78 is 5.19. The molecule has 0 radical (unpaired) electrons. The first kappa shape index (κ1) is 20.7.